The third kappa shape index (κ3) is 5.94. The van der Waals surface area contributed by atoms with Gasteiger partial charge in [-0.3, -0.25) is 0 Å². The van der Waals surface area contributed by atoms with Crippen LogP contribution in [0.4, 0.5) is 4.79 Å². The Balaban J connectivity index is 1.94. The van der Waals surface area contributed by atoms with Crippen LogP contribution in [0, 0.1) is 5.92 Å². The molecule has 2 rings (SSSR count). The molecule has 1 amide bonds. The summed E-state index contributed by atoms with van der Waals surface area (Å²) >= 11 is 9.71. The SMILES string of the molecule is CC(C)(C)OC(=O)NCC(C)(NCc1ccc(Br)cc1Cl)C1CC1. The fraction of sp³-hybridized carbons (Fsp3) is 0.611. The molecular formula is C18H26BrClN2O2. The number of carbonyl (C=O) groups excluding carboxylic acids is 1. The van der Waals surface area contributed by atoms with Crippen LogP contribution in [0.1, 0.15) is 46.1 Å². The third-order valence-electron chi connectivity index (χ3n) is 4.18. The van der Waals surface area contributed by atoms with Crippen LogP contribution in [-0.2, 0) is 11.3 Å². The summed E-state index contributed by atoms with van der Waals surface area (Å²) in [6.07, 6.45) is 1.97. The van der Waals surface area contributed by atoms with Crippen LogP contribution in [0.15, 0.2) is 22.7 Å². The van der Waals surface area contributed by atoms with Crippen LogP contribution in [0.2, 0.25) is 5.02 Å². The molecule has 0 aromatic heterocycles. The first-order valence-corrected chi connectivity index (χ1v) is 9.42. The van der Waals surface area contributed by atoms with Gasteiger partial charge in [0.1, 0.15) is 5.60 Å². The van der Waals surface area contributed by atoms with E-state index < -0.39 is 5.60 Å². The van der Waals surface area contributed by atoms with E-state index in [0.29, 0.717) is 19.0 Å². The number of carbonyl (C=O) groups is 1. The van der Waals surface area contributed by atoms with Gasteiger partial charge in [0, 0.05) is 28.1 Å². The quantitative estimate of drug-likeness (QED) is 0.693. The van der Waals surface area contributed by atoms with Crippen molar-refractivity contribution in [2.75, 3.05) is 6.54 Å². The molecular weight excluding hydrogens is 392 g/mol. The molecule has 1 aliphatic rings. The third-order valence-corrected chi connectivity index (χ3v) is 5.02. The fourth-order valence-electron chi connectivity index (χ4n) is 2.60. The van der Waals surface area contributed by atoms with Crippen molar-refractivity contribution in [2.24, 2.45) is 5.92 Å². The molecule has 0 bridgehead atoms. The van der Waals surface area contributed by atoms with Crippen LogP contribution < -0.4 is 10.6 Å². The van der Waals surface area contributed by atoms with Gasteiger partial charge in [-0.2, -0.15) is 0 Å². The summed E-state index contributed by atoms with van der Waals surface area (Å²) in [6, 6.07) is 5.89. The molecule has 24 heavy (non-hydrogen) atoms. The van der Waals surface area contributed by atoms with Crippen LogP contribution in [-0.4, -0.2) is 23.8 Å². The van der Waals surface area contributed by atoms with E-state index >= 15 is 0 Å². The average Bonchev–Trinajstić information content (AvgIpc) is 3.27. The van der Waals surface area contributed by atoms with Gasteiger partial charge in [-0.1, -0.05) is 33.6 Å². The van der Waals surface area contributed by atoms with Crippen molar-refractivity contribution in [3.63, 3.8) is 0 Å². The van der Waals surface area contributed by atoms with Gasteiger partial charge in [0.05, 0.1) is 0 Å². The molecule has 1 atom stereocenters. The first-order chi connectivity index (χ1) is 11.1. The standard InChI is InChI=1S/C18H26BrClN2O2/c1-17(2,3)24-16(23)21-11-18(4,13-6-7-13)22-10-12-5-8-14(19)9-15(12)20/h5,8-9,13,22H,6-7,10-11H2,1-4H3,(H,21,23). The summed E-state index contributed by atoms with van der Waals surface area (Å²) in [5, 5.41) is 7.21. The van der Waals surface area contributed by atoms with Gasteiger partial charge in [0.15, 0.2) is 0 Å². The predicted molar refractivity (Wildman–Crippen MR) is 101 cm³/mol. The van der Waals surface area contributed by atoms with Gasteiger partial charge in [0.2, 0.25) is 0 Å². The molecule has 0 spiro atoms. The first kappa shape index (κ1) is 19.5. The van der Waals surface area contributed by atoms with E-state index in [1.165, 1.54) is 12.8 Å². The lowest BCUT2D eigenvalue weighted by molar-refractivity contribution is 0.0507. The van der Waals surface area contributed by atoms with Crippen molar-refractivity contribution in [3.05, 3.63) is 33.3 Å². The summed E-state index contributed by atoms with van der Waals surface area (Å²) in [6.45, 7) is 8.92. The Morgan fingerprint density at radius 1 is 1.33 bits per heavy atom. The van der Waals surface area contributed by atoms with E-state index in [-0.39, 0.29) is 11.6 Å². The summed E-state index contributed by atoms with van der Waals surface area (Å²) in [4.78, 5) is 11.9. The van der Waals surface area contributed by atoms with E-state index in [4.69, 9.17) is 16.3 Å². The van der Waals surface area contributed by atoms with E-state index in [2.05, 4.69) is 33.5 Å². The van der Waals surface area contributed by atoms with Crippen LogP contribution in [0.3, 0.4) is 0 Å². The Morgan fingerprint density at radius 2 is 2.00 bits per heavy atom. The summed E-state index contributed by atoms with van der Waals surface area (Å²) in [7, 11) is 0. The van der Waals surface area contributed by atoms with E-state index in [0.717, 1.165) is 15.1 Å². The number of nitrogens with one attached hydrogen (secondary N) is 2. The molecule has 1 unspecified atom stereocenters. The van der Waals surface area contributed by atoms with E-state index in [1.54, 1.807) is 0 Å². The molecule has 0 heterocycles. The summed E-state index contributed by atoms with van der Waals surface area (Å²) in [5.74, 6) is 0.557. The number of hydrogen-bond acceptors (Lipinski definition) is 3. The lowest BCUT2D eigenvalue weighted by Gasteiger charge is -2.32. The van der Waals surface area contributed by atoms with Crippen molar-refractivity contribution < 1.29 is 9.53 Å². The van der Waals surface area contributed by atoms with Crippen molar-refractivity contribution in [2.45, 2.75) is 58.2 Å². The zero-order valence-corrected chi connectivity index (χ0v) is 17.1. The van der Waals surface area contributed by atoms with Gasteiger partial charge in [-0.05, 0) is 64.2 Å². The summed E-state index contributed by atoms with van der Waals surface area (Å²) < 4.78 is 6.29. The number of hydrogen-bond donors (Lipinski definition) is 2. The Bertz CT molecular complexity index is 599. The largest absolute Gasteiger partial charge is 0.444 e. The van der Waals surface area contributed by atoms with Crippen molar-refractivity contribution in [1.29, 1.82) is 0 Å². The van der Waals surface area contributed by atoms with E-state index in [9.17, 15) is 4.79 Å². The maximum Gasteiger partial charge on any atom is 0.407 e. The van der Waals surface area contributed by atoms with E-state index in [1.807, 2.05) is 39.0 Å². The van der Waals surface area contributed by atoms with Crippen molar-refractivity contribution >= 4 is 33.6 Å². The molecule has 0 radical (unpaired) electrons. The average molecular weight is 418 g/mol. The van der Waals surface area contributed by atoms with Crippen molar-refractivity contribution in [3.8, 4) is 0 Å². The number of benzene rings is 1. The zero-order chi connectivity index (χ0) is 18.0. The molecule has 1 aromatic rings. The molecule has 2 N–H and O–H groups in total. The van der Waals surface area contributed by atoms with Crippen LogP contribution in [0.5, 0.6) is 0 Å². The highest BCUT2D eigenvalue weighted by Crippen LogP contribution is 2.39. The first-order valence-electron chi connectivity index (χ1n) is 8.25. The number of amides is 1. The number of halogens is 2. The fourth-order valence-corrected chi connectivity index (χ4v) is 3.34. The Hall–Kier alpha value is -0.780. The monoisotopic (exact) mass is 416 g/mol. The van der Waals surface area contributed by atoms with Crippen LogP contribution in [0.25, 0.3) is 0 Å². The minimum Gasteiger partial charge on any atom is -0.444 e. The molecule has 1 aromatic carbocycles. The predicted octanol–water partition coefficient (Wildman–Crippen LogP) is 4.89. The normalized spacial score (nSPS) is 17.2. The van der Waals surface area contributed by atoms with Gasteiger partial charge in [-0.15, -0.1) is 0 Å². The highest BCUT2D eigenvalue weighted by Gasteiger charge is 2.41. The Morgan fingerprint density at radius 3 is 2.54 bits per heavy atom. The lowest BCUT2D eigenvalue weighted by Crippen LogP contribution is -2.53. The molecule has 134 valence electrons. The van der Waals surface area contributed by atoms with Gasteiger partial charge in [-0.25, -0.2) is 4.79 Å². The number of rotatable bonds is 6. The second-order valence-corrected chi connectivity index (χ2v) is 8.96. The molecule has 1 saturated carbocycles. The zero-order valence-electron chi connectivity index (χ0n) is 14.7. The van der Waals surface area contributed by atoms with Gasteiger partial charge in [0.25, 0.3) is 0 Å². The smallest absolute Gasteiger partial charge is 0.407 e. The Kier molecular flexibility index (Phi) is 6.21. The topological polar surface area (TPSA) is 50.4 Å². The van der Waals surface area contributed by atoms with Gasteiger partial charge >= 0.3 is 6.09 Å². The minimum absolute atomic E-state index is 0.173. The van der Waals surface area contributed by atoms with Crippen LogP contribution >= 0.6 is 27.5 Å². The molecule has 1 fully saturated rings. The maximum atomic E-state index is 11.9. The maximum absolute atomic E-state index is 11.9. The molecule has 0 saturated heterocycles. The second-order valence-electron chi connectivity index (χ2n) is 7.64. The molecule has 0 aliphatic heterocycles. The minimum atomic E-state index is -0.488. The highest BCUT2D eigenvalue weighted by atomic mass is 79.9. The Labute approximate surface area is 157 Å². The number of alkyl carbamates (subject to hydrolysis) is 1. The molecule has 6 heteroatoms. The van der Waals surface area contributed by atoms with Gasteiger partial charge < -0.3 is 15.4 Å². The summed E-state index contributed by atoms with van der Waals surface area (Å²) in [5.41, 5.74) is 0.384. The molecule has 4 nitrogen and oxygen atoms in total. The van der Waals surface area contributed by atoms with Crippen molar-refractivity contribution in [1.82, 2.24) is 10.6 Å². The highest BCUT2D eigenvalue weighted by molar-refractivity contribution is 9.10. The molecule has 1 aliphatic carbocycles. The number of ether oxygens (including phenoxy) is 1. The second kappa shape index (κ2) is 7.63. The lowest BCUT2D eigenvalue weighted by atomic mass is 9.95.